The Bertz CT molecular complexity index is 397. The molecule has 0 radical (unpaired) electrons. The first kappa shape index (κ1) is 12.5. The number of halogens is 2. The van der Waals surface area contributed by atoms with Gasteiger partial charge in [0.2, 0.25) is 0 Å². The Morgan fingerprint density at radius 3 is 2.65 bits per heavy atom. The van der Waals surface area contributed by atoms with Gasteiger partial charge in [0.15, 0.2) is 11.6 Å². The fourth-order valence-electron chi connectivity index (χ4n) is 2.61. The van der Waals surface area contributed by atoms with E-state index in [2.05, 4.69) is 4.90 Å². The smallest absolute Gasteiger partial charge is 0.161 e. The van der Waals surface area contributed by atoms with E-state index in [-0.39, 0.29) is 6.04 Å². The Morgan fingerprint density at radius 2 is 2.12 bits per heavy atom. The molecule has 94 valence electrons. The number of benzene rings is 1. The van der Waals surface area contributed by atoms with Crippen LogP contribution in [-0.4, -0.2) is 25.0 Å². The Morgan fingerprint density at radius 1 is 1.41 bits per heavy atom. The van der Waals surface area contributed by atoms with Crippen LogP contribution in [0.1, 0.15) is 23.6 Å². The van der Waals surface area contributed by atoms with Crippen molar-refractivity contribution < 1.29 is 8.78 Å². The van der Waals surface area contributed by atoms with Gasteiger partial charge in [-0.3, -0.25) is 4.90 Å². The third kappa shape index (κ3) is 2.33. The second-order valence-electron chi connectivity index (χ2n) is 4.93. The predicted octanol–water partition coefficient (Wildman–Crippen LogP) is 2.22. The molecule has 2 atom stereocenters. The zero-order valence-electron chi connectivity index (χ0n) is 10.2. The molecule has 1 fully saturated rings. The van der Waals surface area contributed by atoms with Gasteiger partial charge in [-0.25, -0.2) is 8.78 Å². The van der Waals surface area contributed by atoms with Gasteiger partial charge >= 0.3 is 0 Å². The van der Waals surface area contributed by atoms with Crippen molar-refractivity contribution in [1.29, 1.82) is 0 Å². The zero-order valence-corrected chi connectivity index (χ0v) is 10.2. The van der Waals surface area contributed by atoms with Gasteiger partial charge in [-0.15, -0.1) is 0 Å². The maximum absolute atomic E-state index is 13.4. The molecular formula is C13H18F2N2. The number of aryl methyl sites for hydroxylation is 1. The first-order valence-electron chi connectivity index (χ1n) is 5.88. The van der Waals surface area contributed by atoms with E-state index in [0.717, 1.165) is 18.5 Å². The number of rotatable bonds is 2. The third-order valence-corrected chi connectivity index (χ3v) is 3.59. The molecule has 0 saturated carbocycles. The molecule has 1 saturated heterocycles. The average molecular weight is 240 g/mol. The van der Waals surface area contributed by atoms with Gasteiger partial charge in [-0.1, -0.05) is 6.07 Å². The van der Waals surface area contributed by atoms with E-state index >= 15 is 0 Å². The summed E-state index contributed by atoms with van der Waals surface area (Å²) in [6, 6.07) is 3.19. The van der Waals surface area contributed by atoms with E-state index in [9.17, 15) is 8.78 Å². The summed E-state index contributed by atoms with van der Waals surface area (Å²) in [6.07, 6.45) is 0.914. The van der Waals surface area contributed by atoms with Crippen molar-refractivity contribution in [2.24, 2.45) is 11.7 Å². The molecule has 0 aliphatic carbocycles. The first-order valence-corrected chi connectivity index (χ1v) is 5.88. The summed E-state index contributed by atoms with van der Waals surface area (Å²) in [5.41, 5.74) is 6.87. The number of hydrogen-bond donors (Lipinski definition) is 1. The lowest BCUT2D eigenvalue weighted by atomic mass is 9.98. The molecule has 0 spiro atoms. The Hall–Kier alpha value is -1.00. The highest BCUT2D eigenvalue weighted by molar-refractivity contribution is 5.28. The van der Waals surface area contributed by atoms with Crippen LogP contribution in [0, 0.1) is 24.5 Å². The second kappa shape index (κ2) is 4.70. The summed E-state index contributed by atoms with van der Waals surface area (Å²) < 4.78 is 26.6. The Labute approximate surface area is 100 Å². The van der Waals surface area contributed by atoms with Gasteiger partial charge in [0.25, 0.3) is 0 Å². The highest BCUT2D eigenvalue weighted by atomic mass is 19.2. The van der Waals surface area contributed by atoms with Crippen LogP contribution in [0.15, 0.2) is 12.1 Å². The fraction of sp³-hybridized carbons (Fsp3) is 0.538. The molecule has 1 heterocycles. The first-order chi connectivity index (χ1) is 8.02. The van der Waals surface area contributed by atoms with Crippen LogP contribution in [-0.2, 0) is 0 Å². The quantitative estimate of drug-likeness (QED) is 0.859. The van der Waals surface area contributed by atoms with Crippen LogP contribution in [0.2, 0.25) is 0 Å². The van der Waals surface area contributed by atoms with E-state index in [4.69, 9.17) is 5.73 Å². The molecule has 2 unspecified atom stereocenters. The molecule has 2 N–H and O–H groups in total. The van der Waals surface area contributed by atoms with E-state index < -0.39 is 11.6 Å². The van der Waals surface area contributed by atoms with Gasteiger partial charge in [-0.2, -0.15) is 0 Å². The number of hydrogen-bond acceptors (Lipinski definition) is 2. The molecule has 0 bridgehead atoms. The van der Waals surface area contributed by atoms with Crippen molar-refractivity contribution in [2.75, 3.05) is 20.1 Å². The van der Waals surface area contributed by atoms with E-state index in [1.807, 2.05) is 7.05 Å². The summed E-state index contributed by atoms with van der Waals surface area (Å²) in [5, 5.41) is 0. The van der Waals surface area contributed by atoms with Gasteiger partial charge in [0.05, 0.1) is 0 Å². The molecule has 17 heavy (non-hydrogen) atoms. The summed E-state index contributed by atoms with van der Waals surface area (Å²) in [5.74, 6) is -1.06. The van der Waals surface area contributed by atoms with Crippen molar-refractivity contribution in [1.82, 2.24) is 4.90 Å². The largest absolute Gasteiger partial charge is 0.330 e. The highest BCUT2D eigenvalue weighted by Gasteiger charge is 2.30. The maximum atomic E-state index is 13.4. The molecule has 2 nitrogen and oxygen atoms in total. The minimum Gasteiger partial charge on any atom is -0.330 e. The van der Waals surface area contributed by atoms with Crippen molar-refractivity contribution in [2.45, 2.75) is 19.4 Å². The maximum Gasteiger partial charge on any atom is 0.161 e. The standard InChI is InChI=1S/C13H18F2N2/c1-8-3-10(5-11(14)13(8)15)12-4-9(6-16)7-17(12)2/h3,5,9,12H,4,6-7,16H2,1-2H3. The second-order valence-corrected chi connectivity index (χ2v) is 4.93. The van der Waals surface area contributed by atoms with E-state index in [1.165, 1.54) is 6.07 Å². The third-order valence-electron chi connectivity index (χ3n) is 3.59. The minimum atomic E-state index is -0.760. The SMILES string of the molecule is Cc1cc(C2CC(CN)CN2C)cc(F)c1F. The van der Waals surface area contributed by atoms with Gasteiger partial charge in [-0.05, 0) is 50.0 Å². The highest BCUT2D eigenvalue weighted by Crippen LogP contribution is 2.34. The van der Waals surface area contributed by atoms with Crippen molar-refractivity contribution >= 4 is 0 Å². The van der Waals surface area contributed by atoms with Crippen molar-refractivity contribution in [3.63, 3.8) is 0 Å². The predicted molar refractivity (Wildman–Crippen MR) is 63.6 cm³/mol. The fourth-order valence-corrected chi connectivity index (χ4v) is 2.61. The van der Waals surface area contributed by atoms with E-state index in [0.29, 0.717) is 18.0 Å². The minimum absolute atomic E-state index is 0.150. The monoisotopic (exact) mass is 240 g/mol. The van der Waals surface area contributed by atoms with Crippen LogP contribution in [0.25, 0.3) is 0 Å². The normalized spacial score (nSPS) is 25.5. The number of nitrogens with two attached hydrogens (primary N) is 1. The molecule has 1 aromatic carbocycles. The number of likely N-dealkylation sites (tertiary alicyclic amines) is 1. The molecule has 0 amide bonds. The van der Waals surface area contributed by atoms with E-state index in [1.54, 1.807) is 13.0 Å². The lowest BCUT2D eigenvalue weighted by molar-refractivity contribution is 0.312. The molecule has 1 aliphatic heterocycles. The molecule has 1 aromatic rings. The van der Waals surface area contributed by atoms with Gasteiger partial charge in [0.1, 0.15) is 0 Å². The molecule has 4 heteroatoms. The van der Waals surface area contributed by atoms with Crippen LogP contribution < -0.4 is 5.73 Å². The summed E-state index contributed by atoms with van der Waals surface area (Å²) >= 11 is 0. The summed E-state index contributed by atoms with van der Waals surface area (Å²) in [7, 11) is 2.00. The molecular weight excluding hydrogens is 222 g/mol. The molecule has 2 rings (SSSR count). The Kier molecular flexibility index (Phi) is 3.45. The molecule has 1 aliphatic rings. The summed E-state index contributed by atoms with van der Waals surface area (Å²) in [4.78, 5) is 2.16. The lowest BCUT2D eigenvalue weighted by Gasteiger charge is -2.20. The van der Waals surface area contributed by atoms with Crippen LogP contribution in [0.4, 0.5) is 8.78 Å². The van der Waals surface area contributed by atoms with Crippen LogP contribution in [0.5, 0.6) is 0 Å². The van der Waals surface area contributed by atoms with Gasteiger partial charge in [0, 0.05) is 12.6 Å². The van der Waals surface area contributed by atoms with Crippen molar-refractivity contribution in [3.05, 3.63) is 34.9 Å². The Balaban J connectivity index is 2.29. The van der Waals surface area contributed by atoms with Gasteiger partial charge < -0.3 is 5.73 Å². The zero-order chi connectivity index (χ0) is 12.6. The van der Waals surface area contributed by atoms with Crippen LogP contribution in [0.3, 0.4) is 0 Å². The summed E-state index contributed by atoms with van der Waals surface area (Å²) in [6.45, 7) is 3.15. The van der Waals surface area contributed by atoms with Crippen molar-refractivity contribution in [3.8, 4) is 0 Å². The lowest BCUT2D eigenvalue weighted by Crippen LogP contribution is -2.20. The number of nitrogens with zero attached hydrogens (tertiary/aromatic N) is 1. The van der Waals surface area contributed by atoms with Crippen LogP contribution >= 0.6 is 0 Å². The average Bonchev–Trinajstić information content (AvgIpc) is 2.67. The topological polar surface area (TPSA) is 29.3 Å². The molecule has 0 aromatic heterocycles.